The molecular formula is C18H22N3O4+. The molecule has 0 bridgehead atoms. The van der Waals surface area contributed by atoms with Crippen LogP contribution in [0.5, 0.6) is 0 Å². The Morgan fingerprint density at radius 1 is 1.28 bits per heavy atom. The molecule has 7 nitrogen and oxygen atoms in total. The lowest BCUT2D eigenvalue weighted by Crippen LogP contribution is -2.28. The fraction of sp³-hybridized carbons (Fsp3) is 0.222. The summed E-state index contributed by atoms with van der Waals surface area (Å²) in [5, 5.41) is 11.5. The third-order valence-corrected chi connectivity index (χ3v) is 3.41. The topological polar surface area (TPSA) is 89.1 Å². The van der Waals surface area contributed by atoms with E-state index in [-0.39, 0.29) is 27.1 Å². The lowest BCUT2D eigenvalue weighted by atomic mass is 10.2. The number of non-ortho nitro benzene ring substituents is 1. The molecule has 3 rings (SSSR count). The second-order valence-electron chi connectivity index (χ2n) is 5.16. The molecule has 0 aliphatic heterocycles. The Kier molecular flexibility index (Phi) is 6.38. The van der Waals surface area contributed by atoms with E-state index in [1.165, 1.54) is 12.1 Å². The maximum atomic E-state index is 12.0. The van der Waals surface area contributed by atoms with Crippen LogP contribution in [0.1, 0.15) is 30.9 Å². The molecule has 2 heterocycles. The van der Waals surface area contributed by atoms with E-state index in [1.807, 2.05) is 13.2 Å². The van der Waals surface area contributed by atoms with Crippen LogP contribution >= 0.6 is 0 Å². The molecule has 0 spiro atoms. The SMILES string of the molecule is C.C.C[n+]1cccc(C(=O)OCc2cc3cc([N+](=O)[O-])ccc3[nH]2)c1. The number of nitrogens with one attached hydrogen (secondary N) is 1. The van der Waals surface area contributed by atoms with Crippen LogP contribution in [-0.4, -0.2) is 15.9 Å². The number of aromatic nitrogens is 2. The minimum Gasteiger partial charge on any atom is -0.456 e. The van der Waals surface area contributed by atoms with Crippen molar-refractivity contribution in [1.29, 1.82) is 0 Å². The second-order valence-corrected chi connectivity index (χ2v) is 5.16. The van der Waals surface area contributed by atoms with Crippen molar-refractivity contribution in [2.24, 2.45) is 7.05 Å². The van der Waals surface area contributed by atoms with Gasteiger partial charge in [-0.25, -0.2) is 9.36 Å². The molecule has 7 heteroatoms. The smallest absolute Gasteiger partial charge is 0.344 e. The van der Waals surface area contributed by atoms with Gasteiger partial charge in [0.05, 0.1) is 10.6 Å². The summed E-state index contributed by atoms with van der Waals surface area (Å²) < 4.78 is 7.02. The molecule has 0 aliphatic rings. The van der Waals surface area contributed by atoms with E-state index in [9.17, 15) is 14.9 Å². The molecule has 1 aromatic carbocycles. The largest absolute Gasteiger partial charge is 0.456 e. The van der Waals surface area contributed by atoms with Crippen LogP contribution in [0.2, 0.25) is 0 Å². The number of esters is 1. The first-order chi connectivity index (χ1) is 11.0. The lowest BCUT2D eigenvalue weighted by molar-refractivity contribution is -0.671. The quantitative estimate of drug-likeness (QED) is 0.339. The van der Waals surface area contributed by atoms with Crippen molar-refractivity contribution in [2.45, 2.75) is 21.5 Å². The highest BCUT2D eigenvalue weighted by atomic mass is 16.6. The number of aromatic amines is 1. The molecule has 132 valence electrons. The van der Waals surface area contributed by atoms with Crippen LogP contribution in [0, 0.1) is 10.1 Å². The number of nitro groups is 1. The predicted octanol–water partition coefficient (Wildman–Crippen LogP) is 3.53. The number of nitrogens with zero attached hydrogens (tertiary/aromatic N) is 2. The Bertz CT molecular complexity index is 902. The van der Waals surface area contributed by atoms with E-state index in [1.54, 1.807) is 35.0 Å². The number of aryl methyl sites for hydroxylation is 1. The Labute approximate surface area is 146 Å². The van der Waals surface area contributed by atoms with Gasteiger partial charge in [-0.1, -0.05) is 14.9 Å². The average molecular weight is 344 g/mol. The van der Waals surface area contributed by atoms with Gasteiger partial charge in [0.2, 0.25) is 0 Å². The number of H-pyrrole nitrogens is 1. The molecule has 25 heavy (non-hydrogen) atoms. The fourth-order valence-corrected chi connectivity index (χ4v) is 2.31. The summed E-state index contributed by atoms with van der Waals surface area (Å²) in [4.78, 5) is 25.4. The maximum Gasteiger partial charge on any atom is 0.344 e. The standard InChI is InChI=1S/C16H14N3O4.2CH4/c1-18-6-2-3-11(9-18)16(20)23-10-13-7-12-8-14(19(21)22)4-5-15(12)17-13;;/h2-9,17H,10H2,1H3;2*1H4/q+1;;. The van der Waals surface area contributed by atoms with Gasteiger partial charge in [-0.3, -0.25) is 10.1 Å². The van der Waals surface area contributed by atoms with E-state index in [0.717, 1.165) is 5.52 Å². The van der Waals surface area contributed by atoms with Crippen LogP contribution in [0.25, 0.3) is 10.9 Å². The normalized spacial score (nSPS) is 9.80. The van der Waals surface area contributed by atoms with Gasteiger partial charge in [-0.15, -0.1) is 0 Å². The summed E-state index contributed by atoms with van der Waals surface area (Å²) in [7, 11) is 1.82. The van der Waals surface area contributed by atoms with Gasteiger partial charge in [0.25, 0.3) is 5.69 Å². The van der Waals surface area contributed by atoms with E-state index in [0.29, 0.717) is 16.6 Å². The number of carbonyl (C=O) groups excluding carboxylic acids is 1. The van der Waals surface area contributed by atoms with E-state index in [2.05, 4.69) is 4.98 Å². The molecule has 0 unspecified atom stereocenters. The zero-order valence-electron chi connectivity index (χ0n) is 12.4. The molecule has 0 fully saturated rings. The number of pyridine rings is 1. The highest BCUT2D eigenvalue weighted by molar-refractivity contribution is 5.88. The number of hydrogen-bond acceptors (Lipinski definition) is 4. The van der Waals surface area contributed by atoms with E-state index < -0.39 is 10.9 Å². The number of benzene rings is 1. The first-order valence-corrected chi connectivity index (χ1v) is 6.91. The van der Waals surface area contributed by atoms with Crippen LogP contribution in [-0.2, 0) is 18.4 Å². The van der Waals surface area contributed by atoms with Crippen LogP contribution in [0.4, 0.5) is 5.69 Å². The first kappa shape index (κ1) is 19.8. The highest BCUT2D eigenvalue weighted by Crippen LogP contribution is 2.22. The van der Waals surface area contributed by atoms with Gasteiger partial charge in [0.1, 0.15) is 19.2 Å². The number of ether oxygens (including phenoxy) is 1. The molecule has 0 atom stereocenters. The van der Waals surface area contributed by atoms with Gasteiger partial charge in [0.15, 0.2) is 12.4 Å². The number of hydrogen-bond donors (Lipinski definition) is 1. The predicted molar refractivity (Wildman–Crippen MR) is 95.2 cm³/mol. The Hall–Kier alpha value is -3.22. The van der Waals surface area contributed by atoms with Gasteiger partial charge in [-0.2, -0.15) is 0 Å². The Morgan fingerprint density at radius 3 is 2.72 bits per heavy atom. The highest BCUT2D eigenvalue weighted by Gasteiger charge is 2.12. The number of nitro benzene ring substituents is 1. The zero-order chi connectivity index (χ0) is 16.4. The summed E-state index contributed by atoms with van der Waals surface area (Å²) in [6.07, 6.45) is 3.50. The van der Waals surface area contributed by atoms with Gasteiger partial charge < -0.3 is 9.72 Å². The Morgan fingerprint density at radius 2 is 2.04 bits per heavy atom. The van der Waals surface area contributed by atoms with Crippen molar-refractivity contribution in [3.05, 3.63) is 70.2 Å². The number of carbonyl (C=O) groups is 1. The summed E-state index contributed by atoms with van der Waals surface area (Å²) in [5.41, 5.74) is 1.92. The fourth-order valence-electron chi connectivity index (χ4n) is 2.31. The molecule has 2 aromatic heterocycles. The van der Waals surface area contributed by atoms with E-state index in [4.69, 9.17) is 4.74 Å². The average Bonchev–Trinajstić information content (AvgIpc) is 2.94. The van der Waals surface area contributed by atoms with Crippen LogP contribution < -0.4 is 4.57 Å². The molecule has 0 amide bonds. The molecule has 0 aliphatic carbocycles. The molecule has 1 N–H and O–H groups in total. The van der Waals surface area contributed by atoms with Crippen molar-refractivity contribution >= 4 is 22.6 Å². The monoisotopic (exact) mass is 344 g/mol. The third kappa shape index (κ3) is 4.41. The van der Waals surface area contributed by atoms with Crippen molar-refractivity contribution in [2.75, 3.05) is 0 Å². The van der Waals surface area contributed by atoms with Crippen LogP contribution in [0.15, 0.2) is 48.8 Å². The third-order valence-electron chi connectivity index (χ3n) is 3.41. The summed E-state index contributed by atoms with van der Waals surface area (Å²) >= 11 is 0. The Balaban J connectivity index is 0.00000156. The van der Waals surface area contributed by atoms with Crippen molar-refractivity contribution in [3.63, 3.8) is 0 Å². The van der Waals surface area contributed by atoms with Crippen molar-refractivity contribution in [1.82, 2.24) is 4.98 Å². The second kappa shape index (κ2) is 8.05. The zero-order valence-corrected chi connectivity index (χ0v) is 12.4. The van der Waals surface area contributed by atoms with Gasteiger partial charge in [-0.05, 0) is 18.2 Å². The molecule has 0 saturated heterocycles. The van der Waals surface area contributed by atoms with Gasteiger partial charge >= 0.3 is 5.97 Å². The van der Waals surface area contributed by atoms with Crippen LogP contribution in [0.3, 0.4) is 0 Å². The maximum absolute atomic E-state index is 12.0. The summed E-state index contributed by atoms with van der Waals surface area (Å²) in [5.74, 6) is -0.425. The summed E-state index contributed by atoms with van der Waals surface area (Å²) in [6, 6.07) is 9.72. The molecule has 3 aromatic rings. The molecule has 0 radical (unpaired) electrons. The molecular weight excluding hydrogens is 322 g/mol. The van der Waals surface area contributed by atoms with Crippen molar-refractivity contribution < 1.29 is 19.0 Å². The molecule has 0 saturated carbocycles. The minimum absolute atomic E-state index is 0. The number of fused-ring (bicyclic) bond motifs is 1. The number of rotatable bonds is 4. The van der Waals surface area contributed by atoms with Gasteiger partial charge in [0, 0.05) is 29.1 Å². The van der Waals surface area contributed by atoms with Crippen molar-refractivity contribution in [3.8, 4) is 0 Å². The lowest BCUT2D eigenvalue weighted by Gasteiger charge is -2.02. The minimum atomic E-state index is -0.443. The summed E-state index contributed by atoms with van der Waals surface area (Å²) in [6.45, 7) is 0.0694. The first-order valence-electron chi connectivity index (χ1n) is 6.91. The van der Waals surface area contributed by atoms with E-state index >= 15 is 0 Å².